The van der Waals surface area contributed by atoms with Gasteiger partial charge in [0, 0.05) is 12.1 Å². The molecule has 2 aromatic rings. The van der Waals surface area contributed by atoms with E-state index in [1.807, 2.05) is 18.2 Å². The fourth-order valence-corrected chi connectivity index (χ4v) is 2.59. The molecule has 0 spiro atoms. The second-order valence-corrected chi connectivity index (χ2v) is 5.43. The molecule has 0 amide bonds. The van der Waals surface area contributed by atoms with Crippen molar-refractivity contribution in [2.75, 3.05) is 7.11 Å². The first-order chi connectivity index (χ1) is 11.2. The van der Waals surface area contributed by atoms with Crippen molar-refractivity contribution in [1.82, 2.24) is 15.0 Å². The minimum Gasteiger partial charge on any atom is -0.496 e. The van der Waals surface area contributed by atoms with E-state index in [-0.39, 0.29) is 5.69 Å². The van der Waals surface area contributed by atoms with Crippen LogP contribution in [0.4, 0.5) is 0 Å². The van der Waals surface area contributed by atoms with Crippen LogP contribution in [0.3, 0.4) is 0 Å². The summed E-state index contributed by atoms with van der Waals surface area (Å²) < 4.78 is 7.03. The largest absolute Gasteiger partial charge is 0.496 e. The summed E-state index contributed by atoms with van der Waals surface area (Å²) in [5, 5.41) is 17.3. The molecule has 6 nitrogen and oxygen atoms in total. The number of ether oxygens (including phenoxy) is 1. The zero-order chi connectivity index (χ0) is 16.7. The third kappa shape index (κ3) is 4.09. The van der Waals surface area contributed by atoms with E-state index in [1.54, 1.807) is 17.9 Å². The second kappa shape index (κ2) is 8.31. The Morgan fingerprint density at radius 2 is 1.96 bits per heavy atom. The maximum atomic E-state index is 11.5. The number of aromatic nitrogens is 3. The molecule has 0 saturated heterocycles. The lowest BCUT2D eigenvalue weighted by molar-refractivity contribution is 0.0691. The van der Waals surface area contributed by atoms with E-state index in [1.165, 1.54) is 19.3 Å². The molecule has 0 bridgehead atoms. The van der Waals surface area contributed by atoms with Gasteiger partial charge in [0.25, 0.3) is 0 Å². The average molecular weight is 317 g/mol. The van der Waals surface area contributed by atoms with Crippen molar-refractivity contribution in [2.45, 2.75) is 45.6 Å². The van der Waals surface area contributed by atoms with Gasteiger partial charge in [0.2, 0.25) is 0 Å². The van der Waals surface area contributed by atoms with Gasteiger partial charge in [-0.15, -0.1) is 5.10 Å². The number of carboxylic acid groups (broad SMARTS) is 1. The van der Waals surface area contributed by atoms with E-state index >= 15 is 0 Å². The normalized spacial score (nSPS) is 10.7. The molecule has 0 saturated carbocycles. The molecule has 124 valence electrons. The van der Waals surface area contributed by atoms with E-state index in [0.29, 0.717) is 23.6 Å². The molecule has 1 aromatic carbocycles. The molecule has 0 unspecified atom stereocenters. The lowest BCUT2D eigenvalue weighted by Gasteiger charge is -2.11. The zero-order valence-electron chi connectivity index (χ0n) is 13.7. The van der Waals surface area contributed by atoms with Crippen molar-refractivity contribution in [3.63, 3.8) is 0 Å². The first-order valence-electron chi connectivity index (χ1n) is 7.99. The number of carbonyl (C=O) groups is 1. The quantitative estimate of drug-likeness (QED) is 0.715. The average Bonchev–Trinajstić information content (AvgIpc) is 2.98. The maximum absolute atomic E-state index is 11.5. The van der Waals surface area contributed by atoms with E-state index in [4.69, 9.17) is 4.74 Å². The number of hydrogen-bond donors (Lipinski definition) is 1. The summed E-state index contributed by atoms with van der Waals surface area (Å²) in [5.74, 6) is -0.465. The first-order valence-corrected chi connectivity index (χ1v) is 7.99. The van der Waals surface area contributed by atoms with E-state index in [2.05, 4.69) is 17.2 Å². The smallest absolute Gasteiger partial charge is 0.358 e. The summed E-state index contributed by atoms with van der Waals surface area (Å²) in [6.45, 7) is 2.83. The minimum absolute atomic E-state index is 0.0388. The van der Waals surface area contributed by atoms with Crippen LogP contribution in [0.2, 0.25) is 0 Å². The van der Waals surface area contributed by atoms with Gasteiger partial charge in [0.05, 0.1) is 7.11 Å². The van der Waals surface area contributed by atoms with Crippen LogP contribution in [0.25, 0.3) is 11.3 Å². The van der Waals surface area contributed by atoms with Gasteiger partial charge in [-0.1, -0.05) is 50.0 Å². The summed E-state index contributed by atoms with van der Waals surface area (Å²) in [4.78, 5) is 11.5. The molecular weight excluding hydrogens is 294 g/mol. The van der Waals surface area contributed by atoms with Gasteiger partial charge in [0.15, 0.2) is 5.69 Å². The van der Waals surface area contributed by atoms with Gasteiger partial charge in [-0.2, -0.15) is 0 Å². The first kappa shape index (κ1) is 17.0. The summed E-state index contributed by atoms with van der Waals surface area (Å²) in [7, 11) is 1.57. The molecule has 0 atom stereocenters. The number of aryl methyl sites for hydroxylation is 1. The lowest BCUT2D eigenvalue weighted by Crippen LogP contribution is -2.06. The fourth-order valence-electron chi connectivity index (χ4n) is 2.59. The summed E-state index contributed by atoms with van der Waals surface area (Å²) in [6, 6.07) is 7.33. The molecule has 0 aliphatic carbocycles. The van der Waals surface area contributed by atoms with Crippen molar-refractivity contribution in [3.05, 3.63) is 30.0 Å². The number of unbranched alkanes of at least 4 members (excludes halogenated alkanes) is 4. The predicted octanol–water partition coefficient (Wildman–Crippen LogP) is 3.62. The summed E-state index contributed by atoms with van der Waals surface area (Å²) >= 11 is 0. The number of carboxylic acids is 1. The molecular formula is C17H23N3O3. The standard InChI is InChI=1S/C17H23N3O3/c1-3-4-5-6-9-12-20-16(15(17(21)22)18-19-20)13-10-7-8-11-14(13)23-2/h7-8,10-11H,3-6,9,12H2,1-2H3,(H,21,22). The zero-order valence-corrected chi connectivity index (χ0v) is 13.7. The van der Waals surface area contributed by atoms with Gasteiger partial charge < -0.3 is 9.84 Å². The van der Waals surface area contributed by atoms with Crippen molar-refractivity contribution < 1.29 is 14.6 Å². The molecule has 6 heteroatoms. The van der Waals surface area contributed by atoms with Crippen molar-refractivity contribution in [3.8, 4) is 17.0 Å². The summed E-state index contributed by atoms with van der Waals surface area (Å²) in [5.41, 5.74) is 1.17. The van der Waals surface area contributed by atoms with Crippen molar-refractivity contribution in [2.24, 2.45) is 0 Å². The van der Waals surface area contributed by atoms with Gasteiger partial charge in [-0.25, -0.2) is 9.48 Å². The third-order valence-electron chi connectivity index (χ3n) is 3.77. The van der Waals surface area contributed by atoms with E-state index < -0.39 is 5.97 Å². The van der Waals surface area contributed by atoms with Crippen LogP contribution in [-0.2, 0) is 6.54 Å². The highest BCUT2D eigenvalue weighted by molar-refractivity contribution is 5.93. The van der Waals surface area contributed by atoms with Crippen LogP contribution in [0, 0.1) is 0 Å². The maximum Gasteiger partial charge on any atom is 0.358 e. The lowest BCUT2D eigenvalue weighted by atomic mass is 10.1. The number of nitrogens with zero attached hydrogens (tertiary/aromatic N) is 3. The van der Waals surface area contributed by atoms with Crippen molar-refractivity contribution in [1.29, 1.82) is 0 Å². The Labute approximate surface area is 136 Å². The molecule has 1 heterocycles. The Morgan fingerprint density at radius 3 is 2.65 bits per heavy atom. The van der Waals surface area contributed by atoms with E-state index in [9.17, 15) is 9.90 Å². The number of para-hydroxylation sites is 1. The Morgan fingerprint density at radius 1 is 1.22 bits per heavy atom. The van der Waals surface area contributed by atoms with Gasteiger partial charge >= 0.3 is 5.97 Å². The monoisotopic (exact) mass is 317 g/mol. The van der Waals surface area contributed by atoms with Crippen LogP contribution >= 0.6 is 0 Å². The molecule has 1 N–H and O–H groups in total. The Bertz CT molecular complexity index is 652. The molecule has 1 aromatic heterocycles. The number of rotatable bonds is 9. The third-order valence-corrected chi connectivity index (χ3v) is 3.77. The Balaban J connectivity index is 2.28. The molecule has 2 rings (SSSR count). The predicted molar refractivity (Wildman–Crippen MR) is 87.7 cm³/mol. The number of benzene rings is 1. The highest BCUT2D eigenvalue weighted by Crippen LogP contribution is 2.31. The summed E-state index contributed by atoms with van der Waals surface area (Å²) in [6.07, 6.45) is 5.64. The number of aromatic carboxylic acids is 1. The highest BCUT2D eigenvalue weighted by Gasteiger charge is 2.22. The van der Waals surface area contributed by atoms with E-state index in [0.717, 1.165) is 12.8 Å². The number of methoxy groups -OCH3 is 1. The van der Waals surface area contributed by atoms with Gasteiger partial charge in [0.1, 0.15) is 11.4 Å². The van der Waals surface area contributed by atoms with Crippen LogP contribution in [0.1, 0.15) is 49.5 Å². The van der Waals surface area contributed by atoms with Crippen LogP contribution in [0.5, 0.6) is 5.75 Å². The van der Waals surface area contributed by atoms with Crippen LogP contribution in [0.15, 0.2) is 24.3 Å². The van der Waals surface area contributed by atoms with Gasteiger partial charge in [-0.05, 0) is 18.6 Å². The van der Waals surface area contributed by atoms with Gasteiger partial charge in [-0.3, -0.25) is 0 Å². The molecule has 0 aliphatic heterocycles. The van der Waals surface area contributed by atoms with Crippen molar-refractivity contribution >= 4 is 5.97 Å². The Kier molecular flexibility index (Phi) is 6.14. The fraction of sp³-hybridized carbons (Fsp3) is 0.471. The molecule has 0 aliphatic rings. The second-order valence-electron chi connectivity index (χ2n) is 5.43. The van der Waals surface area contributed by atoms with Crippen LogP contribution in [-0.4, -0.2) is 33.2 Å². The molecule has 0 fully saturated rings. The van der Waals surface area contributed by atoms with Crippen LogP contribution < -0.4 is 4.74 Å². The topological polar surface area (TPSA) is 77.2 Å². The molecule has 23 heavy (non-hydrogen) atoms. The SMILES string of the molecule is CCCCCCCn1nnc(C(=O)O)c1-c1ccccc1OC. The minimum atomic E-state index is -1.08. The molecule has 0 radical (unpaired) electrons. The highest BCUT2D eigenvalue weighted by atomic mass is 16.5. The Hall–Kier alpha value is -2.37. The number of hydrogen-bond acceptors (Lipinski definition) is 4.